The highest BCUT2D eigenvalue weighted by Gasteiger charge is 2.39. The van der Waals surface area contributed by atoms with Gasteiger partial charge in [0.1, 0.15) is 5.82 Å². The molecule has 0 N–H and O–H groups in total. The smallest absolute Gasteiger partial charge is 0.119 e. The minimum absolute atomic E-state index is 0.0903. The van der Waals surface area contributed by atoms with Crippen LogP contribution in [0, 0.1) is 5.41 Å². The minimum Gasteiger partial charge on any atom is -0.355 e. The van der Waals surface area contributed by atoms with E-state index in [1.54, 1.807) is 0 Å². The molecule has 1 unspecified atom stereocenters. The lowest BCUT2D eigenvalue weighted by Crippen LogP contribution is -2.52. The lowest BCUT2D eigenvalue weighted by molar-refractivity contribution is 0.0441. The van der Waals surface area contributed by atoms with Gasteiger partial charge in [0.05, 0.1) is 5.69 Å². The summed E-state index contributed by atoms with van der Waals surface area (Å²) in [5.74, 6) is 1.35. The Bertz CT molecular complexity index is 1180. The molecule has 180 valence electrons. The van der Waals surface area contributed by atoms with Gasteiger partial charge in [-0.2, -0.15) is 0 Å². The average molecular weight is 482 g/mol. The molecule has 3 aromatic rings. The van der Waals surface area contributed by atoms with Gasteiger partial charge in [0.15, 0.2) is 0 Å². The molecule has 1 saturated carbocycles. The summed E-state index contributed by atoms with van der Waals surface area (Å²) < 4.78 is 2.55. The minimum atomic E-state index is -0.0903. The number of hydrogen-bond donors (Lipinski definition) is 0. The summed E-state index contributed by atoms with van der Waals surface area (Å²) in [5.41, 5.74) is 3.27. The average Bonchev–Trinajstić information content (AvgIpc) is 3.35. The fraction of sp³-hybridized carbons (Fsp3) is 0.323. The van der Waals surface area contributed by atoms with Gasteiger partial charge in [-0.05, 0) is 65.9 Å². The molecule has 0 amide bonds. The van der Waals surface area contributed by atoms with Gasteiger partial charge in [-0.25, -0.2) is 0 Å². The summed E-state index contributed by atoms with van der Waals surface area (Å²) in [5, 5.41) is 2.40. The largest absolute Gasteiger partial charge is 0.355 e. The van der Waals surface area contributed by atoms with Crippen LogP contribution in [-0.4, -0.2) is 47.9 Å². The normalized spacial score (nSPS) is 21.8. The van der Waals surface area contributed by atoms with Crippen molar-refractivity contribution in [1.29, 1.82) is 0 Å². The molecule has 1 aliphatic carbocycles. The molecule has 2 aliphatic heterocycles. The molecule has 2 fully saturated rings. The molecule has 3 aliphatic rings. The van der Waals surface area contributed by atoms with E-state index in [9.17, 15) is 0 Å². The molecule has 0 aromatic heterocycles. The lowest BCUT2D eigenvalue weighted by atomic mass is 9.65. The van der Waals surface area contributed by atoms with E-state index in [2.05, 4.69) is 117 Å². The first-order valence-electron chi connectivity index (χ1n) is 13.0. The van der Waals surface area contributed by atoms with Crippen LogP contribution < -0.4 is 4.31 Å². The van der Waals surface area contributed by atoms with E-state index in [0.717, 1.165) is 26.2 Å². The van der Waals surface area contributed by atoms with E-state index in [0.29, 0.717) is 5.41 Å². The number of benzene rings is 3. The van der Waals surface area contributed by atoms with Gasteiger partial charge in [0.25, 0.3) is 0 Å². The number of allylic oxidation sites excluding steroid dienone is 1. The Kier molecular flexibility index (Phi) is 6.49. The molecule has 4 heteroatoms. The summed E-state index contributed by atoms with van der Waals surface area (Å²) in [6.45, 7) is 5.73. The Balaban J connectivity index is 1.14. The summed E-state index contributed by atoms with van der Waals surface area (Å²) in [6.07, 6.45) is 7.74. The molecular formula is C31H35N3S. The zero-order chi connectivity index (χ0) is 23.5. The quantitative estimate of drug-likeness (QED) is 0.360. The summed E-state index contributed by atoms with van der Waals surface area (Å²) in [4.78, 5) is 6.72. The SMILES string of the molecule is C1=C(N2CCN(CC3(Cc4ccccc4)CCC3)CC2)N(c2ccccc2)S(c2ccccc2)=C1. The molecule has 3 aromatic carbocycles. The Morgan fingerprint density at radius 3 is 1.97 bits per heavy atom. The van der Waals surface area contributed by atoms with Crippen molar-refractivity contribution in [3.05, 3.63) is 108 Å². The second-order valence-electron chi connectivity index (χ2n) is 10.2. The third-order valence-corrected chi connectivity index (χ3v) is 9.76. The lowest BCUT2D eigenvalue weighted by Gasteiger charge is -2.48. The third kappa shape index (κ3) is 4.82. The van der Waals surface area contributed by atoms with Crippen LogP contribution in [0.1, 0.15) is 24.8 Å². The molecule has 3 nitrogen and oxygen atoms in total. The number of rotatable bonds is 7. The molecule has 1 atom stereocenters. The monoisotopic (exact) mass is 481 g/mol. The van der Waals surface area contributed by atoms with Crippen LogP contribution in [0.25, 0.3) is 0 Å². The molecule has 6 rings (SSSR count). The topological polar surface area (TPSA) is 9.72 Å². The highest BCUT2D eigenvalue weighted by Crippen LogP contribution is 2.45. The number of anilines is 1. The van der Waals surface area contributed by atoms with Crippen LogP contribution in [0.4, 0.5) is 5.69 Å². The molecule has 0 radical (unpaired) electrons. The van der Waals surface area contributed by atoms with E-state index < -0.39 is 0 Å². The van der Waals surface area contributed by atoms with E-state index in [1.165, 1.54) is 54.2 Å². The Morgan fingerprint density at radius 2 is 1.34 bits per heavy atom. The fourth-order valence-electron chi connectivity index (χ4n) is 5.85. The van der Waals surface area contributed by atoms with Gasteiger partial charge in [0, 0.05) is 37.6 Å². The maximum atomic E-state index is 2.74. The van der Waals surface area contributed by atoms with Crippen molar-refractivity contribution in [3.8, 4) is 0 Å². The Hall–Kier alpha value is -2.82. The van der Waals surface area contributed by atoms with Crippen molar-refractivity contribution in [2.45, 2.75) is 30.6 Å². The maximum absolute atomic E-state index is 2.74. The number of hydrogen-bond acceptors (Lipinski definition) is 3. The second kappa shape index (κ2) is 10.0. The van der Waals surface area contributed by atoms with E-state index in [-0.39, 0.29) is 10.7 Å². The van der Waals surface area contributed by atoms with Crippen molar-refractivity contribution in [3.63, 3.8) is 0 Å². The van der Waals surface area contributed by atoms with Gasteiger partial charge >= 0.3 is 0 Å². The third-order valence-electron chi connectivity index (χ3n) is 7.82. The van der Waals surface area contributed by atoms with Gasteiger partial charge < -0.3 is 4.90 Å². The van der Waals surface area contributed by atoms with Crippen molar-refractivity contribution in [2.75, 3.05) is 37.0 Å². The van der Waals surface area contributed by atoms with Crippen LogP contribution in [0.3, 0.4) is 0 Å². The first-order chi connectivity index (χ1) is 17.3. The van der Waals surface area contributed by atoms with E-state index in [4.69, 9.17) is 0 Å². The highest BCUT2D eigenvalue weighted by atomic mass is 32.2. The first kappa shape index (κ1) is 22.6. The van der Waals surface area contributed by atoms with Crippen LogP contribution >= 0.6 is 10.7 Å². The highest BCUT2D eigenvalue weighted by molar-refractivity contribution is 8.16. The fourth-order valence-corrected chi connectivity index (χ4v) is 7.75. The van der Waals surface area contributed by atoms with Crippen molar-refractivity contribution < 1.29 is 0 Å². The molecular weight excluding hydrogens is 446 g/mol. The zero-order valence-electron chi connectivity index (χ0n) is 20.4. The van der Waals surface area contributed by atoms with E-state index >= 15 is 0 Å². The van der Waals surface area contributed by atoms with E-state index in [1.807, 2.05) is 0 Å². The Morgan fingerprint density at radius 1 is 0.714 bits per heavy atom. The first-order valence-corrected chi connectivity index (χ1v) is 14.2. The number of piperazine rings is 1. The predicted octanol–water partition coefficient (Wildman–Crippen LogP) is 6.42. The van der Waals surface area contributed by atoms with Gasteiger partial charge in [-0.1, -0.05) is 83.8 Å². The van der Waals surface area contributed by atoms with Crippen LogP contribution in [-0.2, 0) is 6.42 Å². The van der Waals surface area contributed by atoms with Crippen molar-refractivity contribution in [1.82, 2.24) is 9.80 Å². The van der Waals surface area contributed by atoms with Crippen LogP contribution in [0.5, 0.6) is 0 Å². The molecule has 0 bridgehead atoms. The molecule has 2 heterocycles. The van der Waals surface area contributed by atoms with Gasteiger partial charge in [-0.3, -0.25) is 9.21 Å². The van der Waals surface area contributed by atoms with Gasteiger partial charge in [-0.15, -0.1) is 0 Å². The molecule has 0 spiro atoms. The number of para-hydroxylation sites is 1. The van der Waals surface area contributed by atoms with Crippen molar-refractivity contribution in [2.24, 2.45) is 5.41 Å². The van der Waals surface area contributed by atoms with Crippen LogP contribution in [0.2, 0.25) is 0 Å². The molecule has 35 heavy (non-hydrogen) atoms. The zero-order valence-corrected chi connectivity index (χ0v) is 21.2. The summed E-state index contributed by atoms with van der Waals surface area (Å²) in [7, 11) is -0.0903. The summed E-state index contributed by atoms with van der Waals surface area (Å²) in [6, 6.07) is 33.0. The second-order valence-corrected chi connectivity index (χ2v) is 11.9. The molecule has 1 saturated heterocycles. The Labute approximate surface area is 212 Å². The van der Waals surface area contributed by atoms with Crippen molar-refractivity contribution >= 4 is 21.7 Å². The maximum Gasteiger partial charge on any atom is 0.119 e. The van der Waals surface area contributed by atoms with Gasteiger partial charge in [0.2, 0.25) is 0 Å². The summed E-state index contributed by atoms with van der Waals surface area (Å²) >= 11 is 0. The number of nitrogens with zero attached hydrogens (tertiary/aromatic N) is 3. The standard InChI is InChI=1S/C31H35N3S/c1-4-11-27(12-5-1)25-31(18-10-19-31)26-32-20-22-33(23-21-32)30-17-24-35(29-15-8-3-9-16-29)34(30)28-13-6-2-7-14-28/h1-9,11-17,24H,10,18-23,25-26H2. The van der Waals surface area contributed by atoms with Crippen LogP contribution in [0.15, 0.2) is 108 Å². The predicted molar refractivity (Wildman–Crippen MR) is 150 cm³/mol.